The lowest BCUT2D eigenvalue weighted by Crippen LogP contribution is -2.30. The zero-order chi connectivity index (χ0) is 10.1. The van der Waals surface area contributed by atoms with E-state index < -0.39 is 6.29 Å². The van der Waals surface area contributed by atoms with E-state index in [0.717, 1.165) is 6.42 Å². The molecule has 1 amide bonds. The van der Waals surface area contributed by atoms with Gasteiger partial charge in [-0.25, -0.2) is 0 Å². The summed E-state index contributed by atoms with van der Waals surface area (Å²) in [7, 11) is 0. The number of carbonyl (C=O) groups excluding carboxylic acids is 1. The van der Waals surface area contributed by atoms with Crippen LogP contribution in [0.5, 0.6) is 0 Å². The summed E-state index contributed by atoms with van der Waals surface area (Å²) in [5, 5.41) is 22.3. The van der Waals surface area contributed by atoms with Crippen molar-refractivity contribution in [3.8, 4) is 0 Å². The van der Waals surface area contributed by atoms with Crippen LogP contribution in [-0.4, -0.2) is 42.0 Å². The Labute approximate surface area is 77.5 Å². The van der Waals surface area contributed by atoms with Gasteiger partial charge in [0.15, 0.2) is 6.29 Å². The molecule has 0 saturated heterocycles. The van der Waals surface area contributed by atoms with Crippen molar-refractivity contribution in [3.05, 3.63) is 12.7 Å². The predicted molar refractivity (Wildman–Crippen MR) is 48.9 cm³/mol. The molecule has 0 aromatic heterocycles. The Hall–Kier alpha value is -0.910. The number of aliphatic hydroxyl groups excluding tert-OH is 1. The van der Waals surface area contributed by atoms with Crippen LogP contribution in [0.4, 0.5) is 0 Å². The van der Waals surface area contributed by atoms with E-state index in [1.54, 1.807) is 0 Å². The molecule has 0 spiro atoms. The van der Waals surface area contributed by atoms with Crippen molar-refractivity contribution >= 4 is 5.91 Å². The van der Waals surface area contributed by atoms with E-state index in [1.807, 2.05) is 0 Å². The van der Waals surface area contributed by atoms with Crippen LogP contribution >= 0.6 is 0 Å². The molecule has 76 valence electrons. The Morgan fingerprint density at radius 1 is 1.46 bits per heavy atom. The van der Waals surface area contributed by atoms with E-state index >= 15 is 0 Å². The highest BCUT2D eigenvalue weighted by atomic mass is 16.5. The highest BCUT2D eigenvalue weighted by Gasteiger charge is 1.95. The van der Waals surface area contributed by atoms with Gasteiger partial charge in [-0.3, -0.25) is 4.79 Å². The van der Waals surface area contributed by atoms with E-state index in [0.29, 0.717) is 13.1 Å². The van der Waals surface area contributed by atoms with Crippen LogP contribution in [0.3, 0.4) is 0 Å². The Kier molecular flexibility index (Phi) is 7.18. The average molecular weight is 188 g/mol. The molecular formula is C8H16N2O3. The van der Waals surface area contributed by atoms with E-state index in [-0.39, 0.29) is 12.5 Å². The van der Waals surface area contributed by atoms with Gasteiger partial charge in [-0.2, -0.15) is 0 Å². The van der Waals surface area contributed by atoms with Crippen LogP contribution in [0.25, 0.3) is 0 Å². The molecule has 0 radical (unpaired) electrons. The van der Waals surface area contributed by atoms with Gasteiger partial charge in [0.2, 0.25) is 5.91 Å². The van der Waals surface area contributed by atoms with Crippen molar-refractivity contribution in [3.63, 3.8) is 0 Å². The summed E-state index contributed by atoms with van der Waals surface area (Å²) < 4.78 is 0. The van der Waals surface area contributed by atoms with Crippen molar-refractivity contribution in [1.29, 1.82) is 0 Å². The molecule has 0 bridgehead atoms. The van der Waals surface area contributed by atoms with Gasteiger partial charge in [0.25, 0.3) is 0 Å². The fourth-order valence-corrected chi connectivity index (χ4v) is 0.728. The summed E-state index contributed by atoms with van der Waals surface area (Å²) in [6.45, 7) is 4.64. The molecule has 0 aromatic carbocycles. The van der Waals surface area contributed by atoms with Crippen molar-refractivity contribution in [2.75, 3.05) is 19.6 Å². The lowest BCUT2D eigenvalue weighted by Gasteiger charge is -2.05. The Morgan fingerprint density at radius 2 is 2.15 bits per heavy atom. The summed E-state index contributed by atoms with van der Waals surface area (Å²) in [5.74, 6) is -0.192. The molecule has 5 heteroatoms. The van der Waals surface area contributed by atoms with Crippen LogP contribution < -0.4 is 10.6 Å². The van der Waals surface area contributed by atoms with E-state index in [9.17, 15) is 4.79 Å². The number of nitrogens with one attached hydrogen (secondary N) is 2. The number of rotatable bonds is 7. The molecule has 0 rings (SSSR count). The number of carbonyl (C=O) groups is 1. The van der Waals surface area contributed by atoms with E-state index in [4.69, 9.17) is 10.2 Å². The van der Waals surface area contributed by atoms with Crippen LogP contribution in [0, 0.1) is 0 Å². The lowest BCUT2D eigenvalue weighted by molar-refractivity contribution is -0.116. The minimum Gasteiger partial charge on any atom is -0.367 e. The molecule has 0 aliphatic heterocycles. The average Bonchev–Trinajstić information content (AvgIpc) is 2.10. The van der Waals surface area contributed by atoms with Crippen molar-refractivity contribution in [2.45, 2.75) is 12.7 Å². The Balaban J connectivity index is 3.08. The molecule has 0 heterocycles. The number of hydrogen-bond donors (Lipinski definition) is 4. The maximum Gasteiger partial charge on any atom is 0.243 e. The second-order valence-corrected chi connectivity index (χ2v) is 2.53. The Morgan fingerprint density at radius 3 is 2.69 bits per heavy atom. The number of hydrogen-bond acceptors (Lipinski definition) is 4. The SMILES string of the molecule is C=CC(=O)NCCCNCC(O)O. The number of amides is 1. The normalized spacial score (nSPS) is 10.1. The van der Waals surface area contributed by atoms with Gasteiger partial charge in [0, 0.05) is 13.1 Å². The minimum absolute atomic E-state index is 0.148. The summed E-state index contributed by atoms with van der Waals surface area (Å²) in [6.07, 6.45) is 0.639. The molecule has 5 nitrogen and oxygen atoms in total. The third-order valence-corrected chi connectivity index (χ3v) is 1.34. The molecule has 0 atom stereocenters. The van der Waals surface area contributed by atoms with Gasteiger partial charge in [-0.15, -0.1) is 0 Å². The number of aliphatic hydroxyl groups is 2. The first kappa shape index (κ1) is 12.1. The topological polar surface area (TPSA) is 81.6 Å². The third kappa shape index (κ3) is 9.00. The minimum atomic E-state index is -1.32. The molecule has 0 saturated carbocycles. The molecule has 0 aromatic rings. The zero-order valence-electron chi connectivity index (χ0n) is 7.49. The largest absolute Gasteiger partial charge is 0.367 e. The van der Waals surface area contributed by atoms with E-state index in [2.05, 4.69) is 17.2 Å². The standard InChI is InChI=1S/C8H16N2O3/c1-2-7(11)10-5-3-4-9-6-8(12)13/h2,8-9,12-13H,1,3-6H2,(H,10,11). The lowest BCUT2D eigenvalue weighted by atomic mass is 10.4. The fraction of sp³-hybridized carbons (Fsp3) is 0.625. The van der Waals surface area contributed by atoms with Gasteiger partial charge in [-0.05, 0) is 19.0 Å². The summed E-state index contributed by atoms with van der Waals surface area (Å²) in [4.78, 5) is 10.6. The molecule has 0 aliphatic carbocycles. The van der Waals surface area contributed by atoms with Gasteiger partial charge < -0.3 is 20.8 Å². The van der Waals surface area contributed by atoms with Crippen molar-refractivity contribution in [1.82, 2.24) is 10.6 Å². The van der Waals surface area contributed by atoms with Crippen LogP contribution in [0.1, 0.15) is 6.42 Å². The smallest absolute Gasteiger partial charge is 0.243 e. The first-order valence-electron chi connectivity index (χ1n) is 4.14. The fourth-order valence-electron chi connectivity index (χ4n) is 0.728. The van der Waals surface area contributed by atoms with Gasteiger partial charge in [0.1, 0.15) is 0 Å². The first-order chi connectivity index (χ1) is 6.16. The van der Waals surface area contributed by atoms with E-state index in [1.165, 1.54) is 6.08 Å². The molecular weight excluding hydrogens is 172 g/mol. The molecule has 0 fully saturated rings. The quantitative estimate of drug-likeness (QED) is 0.224. The van der Waals surface area contributed by atoms with Gasteiger partial charge in [0.05, 0.1) is 0 Å². The summed E-state index contributed by atoms with van der Waals surface area (Å²) >= 11 is 0. The van der Waals surface area contributed by atoms with Gasteiger partial charge in [-0.1, -0.05) is 6.58 Å². The molecule has 4 N–H and O–H groups in total. The van der Waals surface area contributed by atoms with Crippen LogP contribution in [-0.2, 0) is 4.79 Å². The molecule has 0 aliphatic rings. The van der Waals surface area contributed by atoms with Gasteiger partial charge >= 0.3 is 0 Å². The molecule has 0 unspecified atom stereocenters. The summed E-state index contributed by atoms with van der Waals surface area (Å²) in [5.41, 5.74) is 0. The maximum atomic E-state index is 10.6. The zero-order valence-corrected chi connectivity index (χ0v) is 7.49. The second kappa shape index (κ2) is 7.72. The van der Waals surface area contributed by atoms with Crippen LogP contribution in [0.15, 0.2) is 12.7 Å². The monoisotopic (exact) mass is 188 g/mol. The summed E-state index contributed by atoms with van der Waals surface area (Å²) in [6, 6.07) is 0. The van der Waals surface area contributed by atoms with Crippen LogP contribution in [0.2, 0.25) is 0 Å². The maximum absolute atomic E-state index is 10.6. The second-order valence-electron chi connectivity index (χ2n) is 2.53. The molecule has 13 heavy (non-hydrogen) atoms. The highest BCUT2D eigenvalue weighted by molar-refractivity contribution is 5.86. The van der Waals surface area contributed by atoms with Crippen molar-refractivity contribution in [2.24, 2.45) is 0 Å². The first-order valence-corrected chi connectivity index (χ1v) is 4.14. The van der Waals surface area contributed by atoms with Crippen molar-refractivity contribution < 1.29 is 15.0 Å². The Bertz CT molecular complexity index is 159. The third-order valence-electron chi connectivity index (χ3n) is 1.34. The predicted octanol–water partition coefficient (Wildman–Crippen LogP) is -1.42. The highest BCUT2D eigenvalue weighted by Crippen LogP contribution is 1.76.